The van der Waals surface area contributed by atoms with Gasteiger partial charge in [0.1, 0.15) is 5.78 Å². The van der Waals surface area contributed by atoms with E-state index in [1.54, 1.807) is 25.7 Å². The lowest BCUT2D eigenvalue weighted by Crippen LogP contribution is -2.29. The number of amides is 3. The number of nitrogens with zero attached hydrogens (tertiary/aromatic N) is 3. The summed E-state index contributed by atoms with van der Waals surface area (Å²) in [6.45, 7) is 13.0. The fourth-order valence-electron chi connectivity index (χ4n) is 7.03. The normalized spacial score (nSPS) is 23.1. The van der Waals surface area contributed by atoms with E-state index in [1.165, 1.54) is 0 Å². The molecule has 3 aromatic carbocycles. The predicted molar refractivity (Wildman–Crippen MR) is 198 cm³/mol. The number of hydrogen-bond donors (Lipinski definition) is 2. The Balaban J connectivity index is 0.000000172. The van der Waals surface area contributed by atoms with Crippen molar-refractivity contribution in [2.75, 3.05) is 19.6 Å². The highest BCUT2D eigenvalue weighted by atomic mass is 16.3. The van der Waals surface area contributed by atoms with Crippen LogP contribution in [0.2, 0.25) is 0 Å². The highest BCUT2D eigenvalue weighted by molar-refractivity contribution is 5.89. The van der Waals surface area contributed by atoms with Gasteiger partial charge in [0.2, 0.25) is 17.7 Å². The summed E-state index contributed by atoms with van der Waals surface area (Å²) < 4.78 is 0. The zero-order valence-electron chi connectivity index (χ0n) is 30.9. The van der Waals surface area contributed by atoms with E-state index in [9.17, 15) is 29.4 Å². The summed E-state index contributed by atoms with van der Waals surface area (Å²) >= 11 is 0. The molecule has 51 heavy (non-hydrogen) atoms. The topological polar surface area (TPSA) is 118 Å². The summed E-state index contributed by atoms with van der Waals surface area (Å²) in [5, 5.41) is 19.1. The smallest absolute Gasteiger partial charge is 0.223 e. The molecule has 0 aliphatic carbocycles. The van der Waals surface area contributed by atoms with Gasteiger partial charge in [0.25, 0.3) is 0 Å². The number of aliphatic hydroxyl groups is 2. The van der Waals surface area contributed by atoms with Gasteiger partial charge in [-0.2, -0.15) is 0 Å². The first-order chi connectivity index (χ1) is 24.3. The Labute approximate surface area is 303 Å². The van der Waals surface area contributed by atoms with Crippen molar-refractivity contribution in [3.05, 3.63) is 108 Å². The zero-order chi connectivity index (χ0) is 37.2. The van der Waals surface area contributed by atoms with E-state index in [-0.39, 0.29) is 59.4 Å². The van der Waals surface area contributed by atoms with Crippen molar-refractivity contribution in [3.63, 3.8) is 0 Å². The van der Waals surface area contributed by atoms with Crippen LogP contribution in [0.1, 0.15) is 95.6 Å². The van der Waals surface area contributed by atoms with E-state index >= 15 is 0 Å². The third kappa shape index (κ3) is 10.4. The molecule has 6 rings (SSSR count). The summed E-state index contributed by atoms with van der Waals surface area (Å²) in [6, 6.07) is 30.2. The van der Waals surface area contributed by atoms with E-state index in [0.29, 0.717) is 38.9 Å². The lowest BCUT2D eigenvalue weighted by atomic mass is 10.0. The van der Waals surface area contributed by atoms with Gasteiger partial charge in [-0.1, -0.05) is 91.0 Å². The number of carbonyl (C=O) groups is 4. The van der Waals surface area contributed by atoms with Gasteiger partial charge >= 0.3 is 0 Å². The van der Waals surface area contributed by atoms with Gasteiger partial charge in [-0.05, 0) is 58.2 Å². The number of carbonyl (C=O) groups excluding carboxylic acids is 4. The molecule has 274 valence electrons. The highest BCUT2D eigenvalue weighted by Crippen LogP contribution is 2.31. The number of hydrogen-bond acceptors (Lipinski definition) is 6. The van der Waals surface area contributed by atoms with Crippen molar-refractivity contribution in [2.45, 2.75) is 91.1 Å². The molecule has 3 fully saturated rings. The summed E-state index contributed by atoms with van der Waals surface area (Å²) in [7, 11) is 0. The fraction of sp³-hybridized carbons (Fsp3) is 0.476. The van der Waals surface area contributed by atoms with Gasteiger partial charge in [0, 0.05) is 56.7 Å². The van der Waals surface area contributed by atoms with Gasteiger partial charge < -0.3 is 24.9 Å². The third-order valence-electron chi connectivity index (χ3n) is 10.7. The molecule has 3 saturated heterocycles. The lowest BCUT2D eigenvalue weighted by molar-refractivity contribution is -0.130. The van der Waals surface area contributed by atoms with E-state index in [2.05, 4.69) is 0 Å². The second-order valence-electron chi connectivity index (χ2n) is 14.3. The molecule has 0 saturated carbocycles. The van der Waals surface area contributed by atoms with Gasteiger partial charge in [0.05, 0.1) is 30.3 Å². The number of rotatable bonds is 9. The molecule has 9 nitrogen and oxygen atoms in total. The largest absolute Gasteiger partial charge is 0.393 e. The zero-order valence-corrected chi connectivity index (χ0v) is 30.9. The first kappa shape index (κ1) is 39.4. The monoisotopic (exact) mass is 697 g/mol. The quantitative estimate of drug-likeness (QED) is 0.278. The molecule has 3 amide bonds. The highest BCUT2D eigenvalue weighted by Gasteiger charge is 2.37. The van der Waals surface area contributed by atoms with Crippen molar-refractivity contribution in [1.29, 1.82) is 0 Å². The van der Waals surface area contributed by atoms with Crippen molar-refractivity contribution in [1.82, 2.24) is 14.7 Å². The van der Waals surface area contributed by atoms with Gasteiger partial charge in [-0.3, -0.25) is 19.2 Å². The average molecular weight is 698 g/mol. The molecule has 0 radical (unpaired) electrons. The van der Waals surface area contributed by atoms with Crippen LogP contribution >= 0.6 is 0 Å². The molecule has 2 N–H and O–H groups in total. The van der Waals surface area contributed by atoms with Crippen LogP contribution < -0.4 is 0 Å². The fourth-order valence-corrected chi connectivity index (χ4v) is 7.03. The Morgan fingerprint density at radius 1 is 0.529 bits per heavy atom. The lowest BCUT2D eigenvalue weighted by Gasteiger charge is -2.25. The van der Waals surface area contributed by atoms with Gasteiger partial charge in [-0.15, -0.1) is 0 Å². The van der Waals surface area contributed by atoms with Crippen LogP contribution in [0.15, 0.2) is 91.0 Å². The molecule has 3 heterocycles. The van der Waals surface area contributed by atoms with E-state index in [1.807, 2.05) is 122 Å². The summed E-state index contributed by atoms with van der Waals surface area (Å²) in [5.41, 5.74) is 3.41. The first-order valence-corrected chi connectivity index (χ1v) is 18.2. The number of Topliss-reactive ketones (excluding diaryl/α,β-unsaturated/α-hetero) is 1. The number of aliphatic hydroxyl groups excluding tert-OH is 2. The maximum absolute atomic E-state index is 11.9. The van der Waals surface area contributed by atoms with E-state index < -0.39 is 12.2 Å². The SMILES string of the molecule is CC(=O)[C@@H]1CC(=O)N([C@H](C)c2ccccc2)C1.C[C@H](O)[C@@H]1CC(=O)N([C@H](C)c2ccccc2)C1.C[C@H](c1ccccc1)N1C[C@H]([C@@H](C)O)CC1=O. The van der Waals surface area contributed by atoms with Crippen LogP contribution in [-0.2, 0) is 19.2 Å². The molecule has 0 bridgehead atoms. The van der Waals surface area contributed by atoms with E-state index in [0.717, 1.165) is 16.7 Å². The Morgan fingerprint density at radius 3 is 1.08 bits per heavy atom. The van der Waals surface area contributed by atoms with E-state index in [4.69, 9.17) is 0 Å². The standard InChI is InChI=1S/2C14H19NO2.C14H17NO2/c3*1-10(12-6-4-3-5-7-12)15-9-13(11(2)16)8-14(15)17/h2*3-7,10-11,13,16H,8-9H2,1-2H3;3-7,10,13H,8-9H2,1-2H3/t10-,11+,13-;10-,11-,13-;10-,13-/m111/s1. The molecule has 3 aliphatic rings. The molecule has 8 atom stereocenters. The van der Waals surface area contributed by atoms with Crippen molar-refractivity contribution < 1.29 is 29.4 Å². The minimum absolute atomic E-state index is 0.0491. The summed E-state index contributed by atoms with van der Waals surface area (Å²) in [4.78, 5) is 52.6. The maximum Gasteiger partial charge on any atom is 0.223 e. The number of ketones is 1. The second-order valence-corrected chi connectivity index (χ2v) is 14.3. The Bertz CT molecular complexity index is 1500. The first-order valence-electron chi connectivity index (χ1n) is 18.2. The molecule has 0 spiro atoms. The average Bonchev–Trinajstić information content (AvgIpc) is 3.85. The van der Waals surface area contributed by atoms with Crippen molar-refractivity contribution in [2.24, 2.45) is 17.8 Å². The minimum Gasteiger partial charge on any atom is -0.393 e. The van der Waals surface area contributed by atoms with Crippen LogP contribution in [-0.4, -0.2) is 80.3 Å². The van der Waals surface area contributed by atoms with Gasteiger partial charge in [0.15, 0.2) is 0 Å². The van der Waals surface area contributed by atoms with Crippen LogP contribution in [0, 0.1) is 17.8 Å². The maximum atomic E-state index is 11.9. The van der Waals surface area contributed by atoms with Gasteiger partial charge in [-0.25, -0.2) is 0 Å². The molecular formula is C42H55N3O6. The van der Waals surface area contributed by atoms with Crippen LogP contribution in [0.3, 0.4) is 0 Å². The molecule has 9 heteroatoms. The molecule has 0 aromatic heterocycles. The van der Waals surface area contributed by atoms with Crippen LogP contribution in [0.5, 0.6) is 0 Å². The van der Waals surface area contributed by atoms with Crippen molar-refractivity contribution >= 4 is 23.5 Å². The summed E-state index contributed by atoms with van der Waals surface area (Å²) in [6.07, 6.45) is 0.481. The number of benzene rings is 3. The molecule has 3 aliphatic heterocycles. The second kappa shape index (κ2) is 18.2. The molecule has 3 aromatic rings. The molecular weight excluding hydrogens is 642 g/mol. The van der Waals surface area contributed by atoms with Crippen LogP contribution in [0.25, 0.3) is 0 Å². The third-order valence-corrected chi connectivity index (χ3v) is 10.7. The Morgan fingerprint density at radius 2 is 0.824 bits per heavy atom. The Hall–Kier alpha value is -4.34. The van der Waals surface area contributed by atoms with Crippen molar-refractivity contribution in [3.8, 4) is 0 Å². The minimum atomic E-state index is -0.410. The Kier molecular flexibility index (Phi) is 14.1. The van der Waals surface area contributed by atoms with Crippen LogP contribution in [0.4, 0.5) is 0 Å². The predicted octanol–water partition coefficient (Wildman–Crippen LogP) is 6.14. The summed E-state index contributed by atoms with van der Waals surface area (Å²) in [5.74, 6) is 0.526. The molecule has 0 unspecified atom stereocenters. The number of likely N-dealkylation sites (tertiary alicyclic amines) is 3.